The molecule has 0 spiro atoms. The molecule has 2 amide bonds. The molecule has 1 fully saturated rings. The molecule has 1 saturated heterocycles. The Bertz CT molecular complexity index is 1020. The minimum absolute atomic E-state index is 0.0409. The van der Waals surface area contributed by atoms with Crippen LogP contribution in [-0.4, -0.2) is 36.1 Å². The molecule has 29 heavy (non-hydrogen) atoms. The molecule has 0 saturated carbocycles. The lowest BCUT2D eigenvalue weighted by Gasteiger charge is -2.31. The first-order valence-electron chi connectivity index (χ1n) is 9.87. The maximum Gasteiger partial charge on any atom is 0.254 e. The van der Waals surface area contributed by atoms with Crippen molar-refractivity contribution < 1.29 is 9.59 Å². The van der Waals surface area contributed by atoms with E-state index in [0.717, 1.165) is 22.0 Å². The zero-order valence-electron chi connectivity index (χ0n) is 16.4. The lowest BCUT2D eigenvalue weighted by Crippen LogP contribution is -2.41. The Labute approximate surface area is 175 Å². The molecule has 3 aromatic rings. The summed E-state index contributed by atoms with van der Waals surface area (Å²) in [5.74, 6) is 0.0271. The van der Waals surface area contributed by atoms with Gasteiger partial charge < -0.3 is 10.2 Å². The maximum absolute atomic E-state index is 13.1. The van der Waals surface area contributed by atoms with E-state index in [-0.39, 0.29) is 17.7 Å². The summed E-state index contributed by atoms with van der Waals surface area (Å²) in [6, 6.07) is 21.7. The number of hydrogen-bond donors (Lipinski definition) is 1. The number of hydrogen-bond acceptors (Lipinski definition) is 3. The van der Waals surface area contributed by atoms with E-state index in [4.69, 9.17) is 0 Å². The first kappa shape index (κ1) is 19.5. The summed E-state index contributed by atoms with van der Waals surface area (Å²) in [6.07, 6.45) is 3.40. The van der Waals surface area contributed by atoms with Crippen LogP contribution < -0.4 is 5.32 Å². The first-order chi connectivity index (χ1) is 14.2. The number of carbonyl (C=O) groups excluding carboxylic acids is 2. The summed E-state index contributed by atoms with van der Waals surface area (Å²) < 4.78 is 0. The Kier molecular flexibility index (Phi) is 5.86. The average Bonchev–Trinajstić information content (AvgIpc) is 2.79. The van der Waals surface area contributed by atoms with Crippen LogP contribution in [0.1, 0.15) is 23.2 Å². The predicted octanol–water partition coefficient (Wildman–Crippen LogP) is 5.05. The number of nitrogens with zero attached hydrogens (tertiary/aromatic N) is 1. The van der Waals surface area contributed by atoms with Gasteiger partial charge in [0.15, 0.2) is 0 Å². The summed E-state index contributed by atoms with van der Waals surface area (Å²) in [5.41, 5.74) is 1.56. The molecular formula is C24H24N2O2S. The molecule has 148 valence electrons. The highest BCUT2D eigenvalue weighted by Crippen LogP contribution is 2.25. The van der Waals surface area contributed by atoms with E-state index in [1.165, 1.54) is 4.90 Å². The molecule has 1 aliphatic rings. The summed E-state index contributed by atoms with van der Waals surface area (Å²) in [7, 11) is 0. The van der Waals surface area contributed by atoms with Gasteiger partial charge in [-0.3, -0.25) is 9.59 Å². The summed E-state index contributed by atoms with van der Waals surface area (Å²) in [6.45, 7) is 1.21. The highest BCUT2D eigenvalue weighted by Gasteiger charge is 2.28. The van der Waals surface area contributed by atoms with Gasteiger partial charge >= 0.3 is 0 Å². The second kappa shape index (κ2) is 8.70. The fraction of sp³-hybridized carbons (Fsp3) is 0.250. The van der Waals surface area contributed by atoms with E-state index in [9.17, 15) is 9.59 Å². The van der Waals surface area contributed by atoms with Gasteiger partial charge in [0, 0.05) is 35.2 Å². The third kappa shape index (κ3) is 4.30. The van der Waals surface area contributed by atoms with Crippen LogP contribution >= 0.6 is 11.8 Å². The molecule has 1 aliphatic heterocycles. The monoisotopic (exact) mass is 404 g/mol. The first-order valence-corrected chi connectivity index (χ1v) is 11.1. The minimum atomic E-state index is -0.0632. The fourth-order valence-corrected chi connectivity index (χ4v) is 4.25. The van der Waals surface area contributed by atoms with Gasteiger partial charge in [-0.1, -0.05) is 36.4 Å². The van der Waals surface area contributed by atoms with Crippen LogP contribution in [0.3, 0.4) is 0 Å². The predicted molar refractivity (Wildman–Crippen MR) is 119 cm³/mol. The van der Waals surface area contributed by atoms with Gasteiger partial charge in [-0.25, -0.2) is 0 Å². The number of rotatable bonds is 4. The number of fused-ring (bicyclic) bond motifs is 1. The molecule has 1 N–H and O–H groups in total. The molecule has 4 rings (SSSR count). The van der Waals surface area contributed by atoms with E-state index in [0.29, 0.717) is 25.9 Å². The summed E-state index contributed by atoms with van der Waals surface area (Å²) >= 11 is 1.68. The smallest absolute Gasteiger partial charge is 0.254 e. The number of benzene rings is 3. The van der Waals surface area contributed by atoms with Gasteiger partial charge in [0.25, 0.3) is 5.91 Å². The van der Waals surface area contributed by atoms with Crippen molar-refractivity contribution in [2.24, 2.45) is 5.92 Å². The van der Waals surface area contributed by atoms with Gasteiger partial charge in [-0.2, -0.15) is 0 Å². The van der Waals surface area contributed by atoms with Crippen LogP contribution in [0.25, 0.3) is 10.8 Å². The van der Waals surface area contributed by atoms with E-state index >= 15 is 0 Å². The number of carbonyl (C=O) groups is 2. The second-order valence-corrected chi connectivity index (χ2v) is 8.19. The fourth-order valence-electron chi connectivity index (χ4n) is 3.85. The lowest BCUT2D eigenvalue weighted by atomic mass is 9.94. The van der Waals surface area contributed by atoms with Crippen LogP contribution in [0.4, 0.5) is 5.69 Å². The van der Waals surface area contributed by atoms with E-state index in [2.05, 4.69) is 5.32 Å². The molecule has 0 atom stereocenters. The van der Waals surface area contributed by atoms with Gasteiger partial charge in [0.1, 0.15) is 0 Å². The van der Waals surface area contributed by atoms with Crippen molar-refractivity contribution in [2.75, 3.05) is 24.7 Å². The van der Waals surface area contributed by atoms with Crippen LogP contribution in [0.2, 0.25) is 0 Å². The van der Waals surface area contributed by atoms with Crippen molar-refractivity contribution >= 4 is 40.0 Å². The maximum atomic E-state index is 13.1. The zero-order chi connectivity index (χ0) is 20.2. The van der Waals surface area contributed by atoms with E-state index in [1.54, 1.807) is 11.8 Å². The summed E-state index contributed by atoms with van der Waals surface area (Å²) in [5, 5.41) is 5.06. The third-order valence-electron chi connectivity index (χ3n) is 5.53. The van der Waals surface area contributed by atoms with Gasteiger partial charge in [-0.05, 0) is 60.2 Å². The largest absolute Gasteiger partial charge is 0.339 e. The van der Waals surface area contributed by atoms with Crippen molar-refractivity contribution in [1.82, 2.24) is 4.90 Å². The van der Waals surface area contributed by atoms with Gasteiger partial charge in [0.2, 0.25) is 5.91 Å². The van der Waals surface area contributed by atoms with Crippen molar-refractivity contribution in [3.8, 4) is 0 Å². The normalized spacial score (nSPS) is 14.7. The molecule has 0 aliphatic carbocycles. The Balaban J connectivity index is 1.38. The number of likely N-dealkylation sites (tertiary alicyclic amines) is 1. The highest BCUT2D eigenvalue weighted by atomic mass is 32.2. The topological polar surface area (TPSA) is 49.4 Å². The Morgan fingerprint density at radius 2 is 1.62 bits per heavy atom. The van der Waals surface area contributed by atoms with Crippen LogP contribution in [0, 0.1) is 5.92 Å². The van der Waals surface area contributed by atoms with Crippen molar-refractivity contribution in [3.05, 3.63) is 72.3 Å². The molecule has 0 bridgehead atoms. The molecular weight excluding hydrogens is 380 g/mol. The van der Waals surface area contributed by atoms with Crippen molar-refractivity contribution in [3.63, 3.8) is 0 Å². The van der Waals surface area contributed by atoms with Crippen LogP contribution in [0.15, 0.2) is 71.6 Å². The third-order valence-corrected chi connectivity index (χ3v) is 6.27. The molecule has 0 aromatic heterocycles. The minimum Gasteiger partial charge on any atom is -0.339 e. The van der Waals surface area contributed by atoms with E-state index in [1.807, 2.05) is 77.9 Å². The van der Waals surface area contributed by atoms with Crippen LogP contribution in [-0.2, 0) is 4.79 Å². The number of nitrogens with one attached hydrogen (secondary N) is 1. The van der Waals surface area contributed by atoms with Crippen LogP contribution in [0.5, 0.6) is 0 Å². The Morgan fingerprint density at radius 3 is 2.34 bits per heavy atom. The molecule has 0 unspecified atom stereocenters. The SMILES string of the molecule is CSc1ccc(NC(=O)C2CCN(C(=O)c3cccc4ccccc34)CC2)cc1. The Morgan fingerprint density at radius 1 is 0.931 bits per heavy atom. The zero-order valence-corrected chi connectivity index (χ0v) is 17.2. The summed E-state index contributed by atoms with van der Waals surface area (Å²) in [4.78, 5) is 28.7. The van der Waals surface area contributed by atoms with E-state index < -0.39 is 0 Å². The average molecular weight is 405 g/mol. The number of anilines is 1. The molecule has 4 nitrogen and oxygen atoms in total. The number of piperidine rings is 1. The van der Waals surface area contributed by atoms with Crippen molar-refractivity contribution in [2.45, 2.75) is 17.7 Å². The van der Waals surface area contributed by atoms with Gasteiger partial charge in [-0.15, -0.1) is 11.8 Å². The Hall–Kier alpha value is -2.79. The second-order valence-electron chi connectivity index (χ2n) is 7.31. The molecule has 1 heterocycles. The number of thioether (sulfide) groups is 1. The van der Waals surface area contributed by atoms with Crippen molar-refractivity contribution in [1.29, 1.82) is 0 Å². The highest BCUT2D eigenvalue weighted by molar-refractivity contribution is 7.98. The molecule has 5 heteroatoms. The quantitative estimate of drug-likeness (QED) is 0.619. The number of amides is 2. The molecule has 0 radical (unpaired) electrons. The van der Waals surface area contributed by atoms with Gasteiger partial charge in [0.05, 0.1) is 0 Å². The lowest BCUT2D eigenvalue weighted by molar-refractivity contribution is -0.121. The molecule has 3 aromatic carbocycles. The standard InChI is InChI=1S/C24H24N2O2S/c1-29-20-11-9-19(10-12-20)25-23(27)18-13-15-26(16-14-18)24(28)22-8-4-6-17-5-2-3-7-21(17)22/h2-12,18H,13-16H2,1H3,(H,25,27).